The molecule has 0 aromatic heterocycles. The summed E-state index contributed by atoms with van der Waals surface area (Å²) in [5, 5.41) is 12.1. The second-order valence-electron chi connectivity index (χ2n) is 7.53. The van der Waals surface area contributed by atoms with Crippen molar-refractivity contribution in [2.75, 3.05) is 13.1 Å². The van der Waals surface area contributed by atoms with Gasteiger partial charge in [0.2, 0.25) is 0 Å². The summed E-state index contributed by atoms with van der Waals surface area (Å²) in [7, 11) is 0. The molecular formula is C18H30N2O5. The zero-order chi connectivity index (χ0) is 18.4. The van der Waals surface area contributed by atoms with Gasteiger partial charge in [0.25, 0.3) is 0 Å². The van der Waals surface area contributed by atoms with E-state index in [4.69, 9.17) is 9.84 Å². The number of carboxylic acid groups (broad SMARTS) is 1. The lowest BCUT2D eigenvalue weighted by Gasteiger charge is -2.35. The van der Waals surface area contributed by atoms with Gasteiger partial charge in [0.15, 0.2) is 0 Å². The van der Waals surface area contributed by atoms with Crippen LogP contribution in [-0.2, 0) is 14.3 Å². The van der Waals surface area contributed by atoms with E-state index in [2.05, 4.69) is 5.32 Å². The van der Waals surface area contributed by atoms with Crippen LogP contribution in [0.1, 0.15) is 58.8 Å². The van der Waals surface area contributed by atoms with E-state index < -0.39 is 5.97 Å². The molecular weight excluding hydrogens is 324 g/mol. The second-order valence-corrected chi connectivity index (χ2v) is 7.53. The van der Waals surface area contributed by atoms with E-state index >= 15 is 0 Å². The molecule has 7 heteroatoms. The third kappa shape index (κ3) is 6.21. The van der Waals surface area contributed by atoms with Gasteiger partial charge < -0.3 is 20.1 Å². The summed E-state index contributed by atoms with van der Waals surface area (Å²) >= 11 is 0. The number of likely N-dealkylation sites (tertiary alicyclic amines) is 1. The number of rotatable bonds is 5. The van der Waals surface area contributed by atoms with Crippen LogP contribution in [0.15, 0.2) is 0 Å². The summed E-state index contributed by atoms with van der Waals surface area (Å²) in [4.78, 5) is 37.1. The number of esters is 1. The van der Waals surface area contributed by atoms with Gasteiger partial charge in [0, 0.05) is 19.1 Å². The number of carbonyl (C=O) groups is 3. The molecule has 0 aromatic carbocycles. The lowest BCUT2D eigenvalue weighted by molar-refractivity contribution is -0.149. The van der Waals surface area contributed by atoms with Crippen LogP contribution >= 0.6 is 0 Å². The molecule has 2 N–H and O–H groups in total. The van der Waals surface area contributed by atoms with Gasteiger partial charge in [-0.15, -0.1) is 0 Å². The molecule has 1 aliphatic carbocycles. The highest BCUT2D eigenvalue weighted by atomic mass is 16.5. The minimum absolute atomic E-state index is 0.0504. The molecule has 2 aliphatic rings. The highest BCUT2D eigenvalue weighted by Crippen LogP contribution is 2.25. The van der Waals surface area contributed by atoms with Gasteiger partial charge in [-0.2, -0.15) is 0 Å². The molecule has 0 radical (unpaired) electrons. The van der Waals surface area contributed by atoms with E-state index in [0.717, 1.165) is 12.8 Å². The Hall–Kier alpha value is -1.79. The Labute approximate surface area is 149 Å². The third-order valence-electron chi connectivity index (χ3n) is 5.03. The number of ether oxygens (including phenoxy) is 1. The normalized spacial score (nSPS) is 27.0. The predicted molar refractivity (Wildman–Crippen MR) is 92.1 cm³/mol. The Balaban J connectivity index is 1.76. The maximum absolute atomic E-state index is 12.5. The minimum atomic E-state index is -0.739. The summed E-state index contributed by atoms with van der Waals surface area (Å²) in [6.45, 7) is 4.94. The number of hydrogen-bond acceptors (Lipinski definition) is 4. The molecule has 1 aliphatic heterocycles. The van der Waals surface area contributed by atoms with Gasteiger partial charge in [0.1, 0.15) is 0 Å². The van der Waals surface area contributed by atoms with Crippen LogP contribution in [-0.4, -0.2) is 53.2 Å². The minimum Gasteiger partial charge on any atom is -0.481 e. The molecule has 1 atom stereocenters. The van der Waals surface area contributed by atoms with Crippen LogP contribution in [0.25, 0.3) is 0 Å². The van der Waals surface area contributed by atoms with E-state index in [-0.39, 0.29) is 36.0 Å². The number of aliphatic carboxylic acids is 1. The maximum atomic E-state index is 12.5. The van der Waals surface area contributed by atoms with Crippen LogP contribution in [0, 0.1) is 11.8 Å². The molecule has 25 heavy (non-hydrogen) atoms. The van der Waals surface area contributed by atoms with E-state index in [0.29, 0.717) is 45.2 Å². The molecule has 142 valence electrons. The standard InChI is InChI=1S/C18H30N2O5/c1-12(2)25-16(21)10-13-4-3-9-20(11-13)18(24)19-15-7-5-14(6-8-15)17(22)23/h12-15H,3-11H2,1-2H3,(H,19,24)(H,22,23). The fourth-order valence-corrected chi connectivity index (χ4v) is 3.71. The molecule has 0 spiro atoms. The van der Waals surface area contributed by atoms with Gasteiger partial charge >= 0.3 is 18.0 Å². The van der Waals surface area contributed by atoms with Crippen molar-refractivity contribution in [3.05, 3.63) is 0 Å². The molecule has 2 fully saturated rings. The SMILES string of the molecule is CC(C)OC(=O)CC1CCCN(C(=O)NC2CCC(C(=O)O)CC2)C1. The third-order valence-corrected chi connectivity index (χ3v) is 5.03. The van der Waals surface area contributed by atoms with Crippen LogP contribution in [0.5, 0.6) is 0 Å². The highest BCUT2D eigenvalue weighted by Gasteiger charge is 2.30. The van der Waals surface area contributed by atoms with Crippen molar-refractivity contribution in [3.63, 3.8) is 0 Å². The lowest BCUT2D eigenvalue weighted by Crippen LogP contribution is -2.49. The molecule has 0 aromatic rings. The maximum Gasteiger partial charge on any atom is 0.317 e. The largest absolute Gasteiger partial charge is 0.481 e. The van der Waals surface area contributed by atoms with Crippen LogP contribution in [0.2, 0.25) is 0 Å². The van der Waals surface area contributed by atoms with E-state index in [9.17, 15) is 14.4 Å². The van der Waals surface area contributed by atoms with Gasteiger partial charge in [-0.1, -0.05) is 0 Å². The second kappa shape index (κ2) is 9.06. The molecule has 0 bridgehead atoms. The van der Waals surface area contributed by atoms with Crippen LogP contribution in [0.3, 0.4) is 0 Å². The van der Waals surface area contributed by atoms with E-state index in [1.54, 1.807) is 4.90 Å². The molecule has 1 saturated carbocycles. The number of nitrogens with one attached hydrogen (secondary N) is 1. The first-order valence-corrected chi connectivity index (χ1v) is 9.33. The Morgan fingerprint density at radius 1 is 1.16 bits per heavy atom. The number of nitrogens with zero attached hydrogens (tertiary/aromatic N) is 1. The predicted octanol–water partition coefficient (Wildman–Crippen LogP) is 2.39. The van der Waals surface area contributed by atoms with Crippen LogP contribution in [0.4, 0.5) is 4.79 Å². The van der Waals surface area contributed by atoms with Gasteiger partial charge in [-0.3, -0.25) is 9.59 Å². The average molecular weight is 354 g/mol. The first-order valence-electron chi connectivity index (χ1n) is 9.33. The molecule has 7 nitrogen and oxygen atoms in total. The zero-order valence-electron chi connectivity index (χ0n) is 15.2. The number of carboxylic acids is 1. The Morgan fingerprint density at radius 2 is 1.84 bits per heavy atom. The lowest BCUT2D eigenvalue weighted by atomic mass is 9.86. The van der Waals surface area contributed by atoms with Crippen molar-refractivity contribution >= 4 is 18.0 Å². The van der Waals surface area contributed by atoms with Gasteiger partial charge in [-0.05, 0) is 58.3 Å². The number of carbonyl (C=O) groups excluding carboxylic acids is 2. The van der Waals surface area contributed by atoms with Crippen LogP contribution < -0.4 is 5.32 Å². The van der Waals surface area contributed by atoms with Crippen molar-refractivity contribution in [2.24, 2.45) is 11.8 Å². The highest BCUT2D eigenvalue weighted by molar-refractivity contribution is 5.75. The average Bonchev–Trinajstić information content (AvgIpc) is 2.54. The van der Waals surface area contributed by atoms with Crippen molar-refractivity contribution < 1.29 is 24.2 Å². The van der Waals surface area contributed by atoms with Crippen molar-refractivity contribution in [2.45, 2.75) is 70.9 Å². The summed E-state index contributed by atoms with van der Waals surface area (Å²) in [6.07, 6.45) is 4.71. The fourth-order valence-electron chi connectivity index (χ4n) is 3.71. The molecule has 1 unspecified atom stereocenters. The number of hydrogen-bond donors (Lipinski definition) is 2. The van der Waals surface area contributed by atoms with Crippen molar-refractivity contribution in [3.8, 4) is 0 Å². The topological polar surface area (TPSA) is 95.9 Å². The van der Waals surface area contributed by atoms with E-state index in [1.807, 2.05) is 13.8 Å². The summed E-state index contributed by atoms with van der Waals surface area (Å²) in [6, 6.07) is -0.0462. The Bertz CT molecular complexity index is 486. The first kappa shape index (κ1) is 19.5. The van der Waals surface area contributed by atoms with E-state index in [1.165, 1.54) is 0 Å². The Morgan fingerprint density at radius 3 is 2.44 bits per heavy atom. The summed E-state index contributed by atoms with van der Waals surface area (Å²) < 4.78 is 5.19. The van der Waals surface area contributed by atoms with Gasteiger partial charge in [-0.25, -0.2) is 4.79 Å². The number of piperidine rings is 1. The monoisotopic (exact) mass is 354 g/mol. The zero-order valence-corrected chi connectivity index (χ0v) is 15.2. The molecule has 2 amide bonds. The fraction of sp³-hybridized carbons (Fsp3) is 0.833. The number of amides is 2. The Kier molecular flexibility index (Phi) is 7.08. The van der Waals surface area contributed by atoms with Crippen molar-refractivity contribution in [1.29, 1.82) is 0 Å². The van der Waals surface area contributed by atoms with Crippen molar-refractivity contribution in [1.82, 2.24) is 10.2 Å². The quantitative estimate of drug-likeness (QED) is 0.739. The molecule has 1 heterocycles. The summed E-state index contributed by atoms with van der Waals surface area (Å²) in [5.41, 5.74) is 0. The first-order chi connectivity index (χ1) is 11.8. The summed E-state index contributed by atoms with van der Waals surface area (Å²) in [5.74, 6) is -1.07. The molecule has 1 saturated heterocycles. The smallest absolute Gasteiger partial charge is 0.317 e. The number of urea groups is 1. The van der Waals surface area contributed by atoms with Gasteiger partial charge in [0.05, 0.1) is 18.4 Å². The molecule has 2 rings (SSSR count).